The number of para-hydroxylation sites is 1. The van der Waals surface area contributed by atoms with Crippen molar-refractivity contribution < 1.29 is 19.5 Å². The Balaban J connectivity index is 1.40. The minimum absolute atomic E-state index is 0.00547. The summed E-state index contributed by atoms with van der Waals surface area (Å²) in [5, 5.41) is 15.5. The van der Waals surface area contributed by atoms with Crippen molar-refractivity contribution in [2.45, 2.75) is 55.6 Å². The van der Waals surface area contributed by atoms with Gasteiger partial charge in [0.15, 0.2) is 0 Å². The van der Waals surface area contributed by atoms with E-state index in [2.05, 4.69) is 29.4 Å². The number of aliphatic hydroxyl groups is 1. The number of amides is 3. The number of likely N-dealkylation sites (tertiary alicyclic amines) is 1. The van der Waals surface area contributed by atoms with E-state index in [-0.39, 0.29) is 29.6 Å². The first-order valence-electron chi connectivity index (χ1n) is 14.0. The van der Waals surface area contributed by atoms with E-state index in [0.717, 1.165) is 31.6 Å². The summed E-state index contributed by atoms with van der Waals surface area (Å²) in [6.45, 7) is 6.44. The van der Waals surface area contributed by atoms with Gasteiger partial charge in [-0.15, -0.1) is 11.8 Å². The number of hydrogen-bond donors (Lipinski definition) is 3. The fraction of sp³-hybridized carbons (Fsp3) is 0.500. The molecule has 0 aliphatic carbocycles. The van der Waals surface area contributed by atoms with Crippen LogP contribution >= 0.6 is 11.8 Å². The highest BCUT2D eigenvalue weighted by atomic mass is 32.2. The monoisotopic (exact) mass is 550 g/mol. The van der Waals surface area contributed by atoms with Crippen molar-refractivity contribution in [2.24, 2.45) is 11.8 Å². The van der Waals surface area contributed by atoms with Crippen LogP contribution in [0.3, 0.4) is 0 Å². The van der Waals surface area contributed by atoms with Gasteiger partial charge in [-0.25, -0.2) is 0 Å². The van der Waals surface area contributed by atoms with E-state index in [1.807, 2.05) is 54.6 Å². The zero-order valence-corrected chi connectivity index (χ0v) is 23.5. The molecule has 3 fully saturated rings. The second-order valence-electron chi connectivity index (χ2n) is 10.6. The molecule has 3 saturated heterocycles. The third-order valence-corrected chi connectivity index (χ3v) is 10.4. The zero-order chi connectivity index (χ0) is 27.6. The molecule has 5 rings (SSSR count). The number of anilines is 3. The van der Waals surface area contributed by atoms with Crippen LogP contribution in [0.4, 0.5) is 17.1 Å². The molecule has 0 radical (unpaired) electrons. The molecule has 2 aromatic carbocycles. The molecule has 2 unspecified atom stereocenters. The number of nitrogens with zero attached hydrogens (tertiary/aromatic N) is 2. The minimum Gasteiger partial charge on any atom is -0.396 e. The number of unbranched alkanes of at least 4 members (excludes halogenated alkanes) is 1. The Bertz CT molecular complexity index is 1190. The van der Waals surface area contributed by atoms with Crippen LogP contribution in [0, 0.1) is 11.8 Å². The first-order chi connectivity index (χ1) is 18.9. The predicted octanol–water partition coefficient (Wildman–Crippen LogP) is 3.97. The number of carbonyl (C=O) groups excluding carboxylic acids is 3. The Kier molecular flexibility index (Phi) is 8.19. The van der Waals surface area contributed by atoms with E-state index in [9.17, 15) is 19.5 Å². The Morgan fingerprint density at radius 3 is 2.33 bits per heavy atom. The maximum Gasteiger partial charge on any atom is 0.248 e. The molecule has 5 atom stereocenters. The lowest BCUT2D eigenvalue weighted by Crippen LogP contribution is -2.51. The molecule has 8 nitrogen and oxygen atoms in total. The molecule has 0 saturated carbocycles. The van der Waals surface area contributed by atoms with Crippen LogP contribution in [0.25, 0.3) is 0 Å². The first-order valence-corrected chi connectivity index (χ1v) is 14.9. The Morgan fingerprint density at radius 2 is 1.67 bits per heavy atom. The summed E-state index contributed by atoms with van der Waals surface area (Å²) < 4.78 is -0.634. The van der Waals surface area contributed by atoms with Crippen LogP contribution in [0.15, 0.2) is 54.6 Å². The van der Waals surface area contributed by atoms with Crippen LogP contribution in [-0.4, -0.2) is 70.0 Å². The third-order valence-electron chi connectivity index (χ3n) is 8.46. The fourth-order valence-corrected chi connectivity index (χ4v) is 8.91. The maximum atomic E-state index is 14.0. The second-order valence-corrected chi connectivity index (χ2v) is 12.2. The molecule has 3 heterocycles. The maximum absolute atomic E-state index is 14.0. The number of nitrogens with one attached hydrogen (secondary N) is 2. The van der Waals surface area contributed by atoms with E-state index < -0.39 is 22.6 Å². The Labute approximate surface area is 234 Å². The predicted molar refractivity (Wildman–Crippen MR) is 156 cm³/mol. The van der Waals surface area contributed by atoms with Gasteiger partial charge in [-0.1, -0.05) is 18.2 Å². The van der Waals surface area contributed by atoms with Gasteiger partial charge in [-0.3, -0.25) is 14.4 Å². The summed E-state index contributed by atoms with van der Waals surface area (Å²) >= 11 is 1.66. The third kappa shape index (κ3) is 5.02. The summed E-state index contributed by atoms with van der Waals surface area (Å²) in [5.41, 5.74) is 2.49. The number of fused-ring (bicyclic) bond motifs is 1. The summed E-state index contributed by atoms with van der Waals surface area (Å²) in [5.74, 6) is -1.50. The van der Waals surface area contributed by atoms with E-state index in [0.29, 0.717) is 30.8 Å². The lowest BCUT2D eigenvalue weighted by atomic mass is 9.70. The summed E-state index contributed by atoms with van der Waals surface area (Å²) in [7, 11) is 0. The molecule has 3 N–H and O–H groups in total. The van der Waals surface area contributed by atoms with Crippen LogP contribution in [0.5, 0.6) is 0 Å². The van der Waals surface area contributed by atoms with Gasteiger partial charge in [-0.2, -0.15) is 0 Å². The van der Waals surface area contributed by atoms with Gasteiger partial charge in [0, 0.05) is 48.6 Å². The molecule has 2 aromatic rings. The molecular weight excluding hydrogens is 512 g/mol. The van der Waals surface area contributed by atoms with Crippen molar-refractivity contribution in [3.05, 3.63) is 54.6 Å². The minimum atomic E-state index is -0.666. The van der Waals surface area contributed by atoms with Crippen molar-refractivity contribution >= 4 is 46.5 Å². The van der Waals surface area contributed by atoms with Gasteiger partial charge in [-0.05, 0) is 75.9 Å². The summed E-state index contributed by atoms with van der Waals surface area (Å²) in [6.07, 6.45) is 2.68. The molecule has 0 aromatic heterocycles. The first kappa shape index (κ1) is 27.5. The molecular formula is C30H38N4O4S. The van der Waals surface area contributed by atoms with Gasteiger partial charge in [0.05, 0.1) is 16.6 Å². The van der Waals surface area contributed by atoms with E-state index in [4.69, 9.17) is 0 Å². The number of rotatable bonds is 11. The summed E-state index contributed by atoms with van der Waals surface area (Å²) in [4.78, 5) is 45.4. The number of aliphatic hydroxyl groups excluding tert-OH is 1. The van der Waals surface area contributed by atoms with Gasteiger partial charge >= 0.3 is 0 Å². The standard InChI is InChI=1S/C30H38N4O4S/c1-3-33(4-2)22-14-12-21(13-15-22)32-28(37)26-30-17-16-23(39-30)24(27(36)31-20-10-6-5-7-11-20)25(30)29(38)34(26)18-8-9-19-35/h5-7,10-15,23-26,35H,3-4,8-9,16-19H2,1-2H3,(H,31,36)(H,32,37)/t23-,24+,25-,26?,30?/m0/s1. The fourth-order valence-electron chi connectivity index (χ4n) is 6.69. The highest BCUT2D eigenvalue weighted by Gasteiger charge is 2.73. The number of hydrogen-bond acceptors (Lipinski definition) is 6. The highest BCUT2D eigenvalue weighted by molar-refractivity contribution is 8.02. The Hall–Kier alpha value is -3.04. The number of carbonyl (C=O) groups is 3. The molecule has 1 spiro atoms. The largest absolute Gasteiger partial charge is 0.396 e. The molecule has 2 bridgehead atoms. The van der Waals surface area contributed by atoms with Crippen LogP contribution < -0.4 is 15.5 Å². The van der Waals surface area contributed by atoms with Crippen molar-refractivity contribution in [1.82, 2.24) is 4.90 Å². The van der Waals surface area contributed by atoms with Crippen LogP contribution in [-0.2, 0) is 14.4 Å². The topological polar surface area (TPSA) is 102 Å². The second kappa shape index (κ2) is 11.6. The average molecular weight is 551 g/mol. The zero-order valence-electron chi connectivity index (χ0n) is 22.6. The van der Waals surface area contributed by atoms with Crippen molar-refractivity contribution in [2.75, 3.05) is 41.8 Å². The molecule has 39 heavy (non-hydrogen) atoms. The normalized spacial score (nSPS) is 26.9. The average Bonchev–Trinajstić information content (AvgIpc) is 3.58. The van der Waals surface area contributed by atoms with Gasteiger partial charge in [0.2, 0.25) is 17.7 Å². The number of benzene rings is 2. The van der Waals surface area contributed by atoms with Crippen molar-refractivity contribution in [3.63, 3.8) is 0 Å². The number of thioether (sulfide) groups is 1. The lowest BCUT2D eigenvalue weighted by molar-refractivity contribution is -0.138. The van der Waals surface area contributed by atoms with E-state index in [1.165, 1.54) is 0 Å². The van der Waals surface area contributed by atoms with Crippen LogP contribution in [0.1, 0.15) is 39.5 Å². The molecule has 9 heteroatoms. The van der Waals surface area contributed by atoms with Crippen molar-refractivity contribution in [3.8, 4) is 0 Å². The highest BCUT2D eigenvalue weighted by Crippen LogP contribution is 2.66. The van der Waals surface area contributed by atoms with E-state index >= 15 is 0 Å². The van der Waals surface area contributed by atoms with E-state index in [1.54, 1.807) is 16.7 Å². The van der Waals surface area contributed by atoms with Gasteiger partial charge in [0.1, 0.15) is 6.04 Å². The quantitative estimate of drug-likeness (QED) is 0.366. The SMILES string of the molecule is CCN(CC)c1ccc(NC(=O)C2N(CCCCO)C(=O)[C@@H]3[C@H](C(=O)Nc4ccccc4)[C@@H]4CCC23S4)cc1. The molecule has 3 amide bonds. The van der Waals surface area contributed by atoms with Crippen LogP contribution in [0.2, 0.25) is 0 Å². The van der Waals surface area contributed by atoms with Crippen molar-refractivity contribution in [1.29, 1.82) is 0 Å². The molecule has 3 aliphatic heterocycles. The van der Waals surface area contributed by atoms with Gasteiger partial charge in [0.25, 0.3) is 0 Å². The smallest absolute Gasteiger partial charge is 0.248 e. The van der Waals surface area contributed by atoms with Gasteiger partial charge < -0.3 is 25.5 Å². The lowest BCUT2D eigenvalue weighted by Gasteiger charge is -2.34. The Morgan fingerprint density at radius 1 is 1.00 bits per heavy atom. The summed E-state index contributed by atoms with van der Waals surface area (Å²) in [6, 6.07) is 16.5. The molecule has 208 valence electrons. The molecule has 3 aliphatic rings.